The minimum atomic E-state index is -0.480. The number of ether oxygens (including phenoxy) is 3. The fraction of sp³-hybridized carbons (Fsp3) is 0.318. The normalized spacial score (nSPS) is 10.9. The van der Waals surface area contributed by atoms with E-state index in [0.717, 1.165) is 24.8 Å². The molecular formula is C22H24O6. The first kappa shape index (κ1) is 19.6. The Hall–Kier alpha value is -3.15. The van der Waals surface area contributed by atoms with Gasteiger partial charge in [-0.25, -0.2) is 0 Å². The smallest absolute Gasteiger partial charge is 0.235 e. The molecule has 0 aliphatic rings. The predicted octanol–water partition coefficient (Wildman–Crippen LogP) is 4.53. The highest BCUT2D eigenvalue weighted by molar-refractivity contribution is 5.85. The Balaban J connectivity index is 2.32. The van der Waals surface area contributed by atoms with E-state index in [1.54, 1.807) is 24.3 Å². The van der Waals surface area contributed by atoms with Gasteiger partial charge in [-0.1, -0.05) is 25.5 Å². The van der Waals surface area contributed by atoms with Crippen LogP contribution < -0.4 is 19.6 Å². The third-order valence-corrected chi connectivity index (χ3v) is 4.73. The largest absolute Gasteiger partial charge is 0.502 e. The summed E-state index contributed by atoms with van der Waals surface area (Å²) in [6, 6.07) is 8.65. The Labute approximate surface area is 163 Å². The van der Waals surface area contributed by atoms with Gasteiger partial charge in [0, 0.05) is 6.07 Å². The zero-order valence-corrected chi connectivity index (χ0v) is 16.5. The van der Waals surface area contributed by atoms with E-state index in [-0.39, 0.29) is 5.76 Å². The fourth-order valence-electron chi connectivity index (χ4n) is 3.22. The van der Waals surface area contributed by atoms with E-state index >= 15 is 0 Å². The molecule has 1 aromatic heterocycles. The number of para-hydroxylation sites is 1. The van der Waals surface area contributed by atoms with Crippen LogP contribution in [0.4, 0.5) is 0 Å². The minimum absolute atomic E-state index is 0.0410. The summed E-state index contributed by atoms with van der Waals surface area (Å²) in [5, 5.41) is 10.9. The van der Waals surface area contributed by atoms with Crippen molar-refractivity contribution in [1.82, 2.24) is 0 Å². The number of aryl methyl sites for hydroxylation is 1. The standard InChI is InChI=1S/C22H24O6/c1-5-6-8-13-9-7-10-14-19(23)20(24)22(28-21(13)14)15-11-17(26-3)18(27-4)12-16(15)25-2/h7,9-12,24H,5-6,8H2,1-4H3. The van der Waals surface area contributed by atoms with E-state index < -0.39 is 11.2 Å². The molecule has 0 aliphatic carbocycles. The van der Waals surface area contributed by atoms with Gasteiger partial charge >= 0.3 is 0 Å². The van der Waals surface area contributed by atoms with Gasteiger partial charge in [-0.15, -0.1) is 0 Å². The Morgan fingerprint density at radius 3 is 2.32 bits per heavy atom. The van der Waals surface area contributed by atoms with Crippen molar-refractivity contribution in [2.45, 2.75) is 26.2 Å². The predicted molar refractivity (Wildman–Crippen MR) is 108 cm³/mol. The molecule has 0 unspecified atom stereocenters. The van der Waals surface area contributed by atoms with Crippen molar-refractivity contribution in [1.29, 1.82) is 0 Å². The first-order valence-corrected chi connectivity index (χ1v) is 9.13. The summed E-state index contributed by atoms with van der Waals surface area (Å²) in [5.41, 5.74) is 1.33. The van der Waals surface area contributed by atoms with Crippen molar-refractivity contribution in [3.63, 3.8) is 0 Å². The summed E-state index contributed by atoms with van der Waals surface area (Å²) in [5.74, 6) is 0.862. The van der Waals surface area contributed by atoms with Crippen molar-refractivity contribution in [2.75, 3.05) is 21.3 Å². The number of fused-ring (bicyclic) bond motifs is 1. The molecule has 0 fully saturated rings. The number of unbranched alkanes of at least 4 members (excludes halogenated alkanes) is 1. The lowest BCUT2D eigenvalue weighted by Crippen LogP contribution is -2.05. The summed E-state index contributed by atoms with van der Waals surface area (Å²) in [6.45, 7) is 2.10. The molecule has 0 aliphatic heterocycles. The second-order valence-corrected chi connectivity index (χ2v) is 6.41. The molecule has 1 heterocycles. The number of hydrogen-bond donors (Lipinski definition) is 1. The minimum Gasteiger partial charge on any atom is -0.502 e. The van der Waals surface area contributed by atoms with E-state index in [1.807, 2.05) is 6.07 Å². The molecule has 0 saturated carbocycles. The van der Waals surface area contributed by atoms with Gasteiger partial charge in [0.15, 0.2) is 17.3 Å². The molecule has 0 spiro atoms. The Bertz CT molecular complexity index is 1050. The maximum Gasteiger partial charge on any atom is 0.235 e. The topological polar surface area (TPSA) is 78.1 Å². The van der Waals surface area contributed by atoms with Crippen molar-refractivity contribution >= 4 is 11.0 Å². The van der Waals surface area contributed by atoms with Crippen LogP contribution in [-0.4, -0.2) is 26.4 Å². The molecule has 6 nitrogen and oxygen atoms in total. The van der Waals surface area contributed by atoms with Crippen LogP contribution in [0, 0.1) is 0 Å². The summed E-state index contributed by atoms with van der Waals surface area (Å²) >= 11 is 0. The molecule has 2 aromatic carbocycles. The molecule has 3 aromatic rings. The molecule has 1 N–H and O–H groups in total. The molecule has 6 heteroatoms. The van der Waals surface area contributed by atoms with Gasteiger partial charge in [0.05, 0.1) is 32.3 Å². The zero-order valence-electron chi connectivity index (χ0n) is 16.5. The van der Waals surface area contributed by atoms with Gasteiger partial charge < -0.3 is 23.7 Å². The SMILES string of the molecule is CCCCc1cccc2c(=O)c(O)c(-c3cc(OC)c(OC)cc3OC)oc12. The van der Waals surface area contributed by atoms with Crippen LogP contribution in [0.1, 0.15) is 25.3 Å². The van der Waals surface area contributed by atoms with Crippen molar-refractivity contribution in [2.24, 2.45) is 0 Å². The summed E-state index contributed by atoms with van der Waals surface area (Å²) in [7, 11) is 4.52. The molecule has 148 valence electrons. The second-order valence-electron chi connectivity index (χ2n) is 6.41. The van der Waals surface area contributed by atoms with E-state index in [1.165, 1.54) is 21.3 Å². The average Bonchev–Trinajstić information content (AvgIpc) is 2.73. The molecule has 0 radical (unpaired) electrons. The van der Waals surface area contributed by atoms with E-state index in [0.29, 0.717) is 33.8 Å². The summed E-state index contributed by atoms with van der Waals surface area (Å²) < 4.78 is 22.2. The van der Waals surface area contributed by atoms with Gasteiger partial charge in [-0.2, -0.15) is 0 Å². The third-order valence-electron chi connectivity index (χ3n) is 4.73. The molecule has 0 atom stereocenters. The van der Waals surface area contributed by atoms with Gasteiger partial charge in [-0.05, 0) is 30.5 Å². The molecule has 0 saturated heterocycles. The van der Waals surface area contributed by atoms with Crippen LogP contribution in [0.5, 0.6) is 23.0 Å². The fourth-order valence-corrected chi connectivity index (χ4v) is 3.22. The van der Waals surface area contributed by atoms with Crippen LogP contribution in [0.15, 0.2) is 39.5 Å². The summed E-state index contributed by atoms with van der Waals surface area (Å²) in [6.07, 6.45) is 2.78. The Morgan fingerprint density at radius 1 is 1.00 bits per heavy atom. The lowest BCUT2D eigenvalue weighted by atomic mass is 10.0. The second kappa shape index (κ2) is 8.25. The molecule has 0 bridgehead atoms. The van der Waals surface area contributed by atoms with E-state index in [9.17, 15) is 9.90 Å². The molecular weight excluding hydrogens is 360 g/mol. The highest BCUT2D eigenvalue weighted by atomic mass is 16.5. The third kappa shape index (κ3) is 3.38. The maximum absolute atomic E-state index is 12.8. The van der Waals surface area contributed by atoms with Crippen LogP contribution >= 0.6 is 0 Å². The quantitative estimate of drug-likeness (QED) is 0.645. The lowest BCUT2D eigenvalue weighted by molar-refractivity contribution is 0.349. The lowest BCUT2D eigenvalue weighted by Gasteiger charge is -2.15. The van der Waals surface area contributed by atoms with Crippen LogP contribution in [-0.2, 0) is 6.42 Å². The first-order chi connectivity index (χ1) is 13.5. The number of methoxy groups -OCH3 is 3. The van der Waals surface area contributed by atoms with Gasteiger partial charge in [0.25, 0.3) is 0 Å². The van der Waals surface area contributed by atoms with Crippen molar-refractivity contribution in [3.05, 3.63) is 46.1 Å². The Kier molecular flexibility index (Phi) is 5.78. The molecule has 28 heavy (non-hydrogen) atoms. The van der Waals surface area contributed by atoms with E-state index in [4.69, 9.17) is 18.6 Å². The average molecular weight is 384 g/mol. The number of hydrogen-bond acceptors (Lipinski definition) is 6. The summed E-state index contributed by atoms with van der Waals surface area (Å²) in [4.78, 5) is 12.8. The number of benzene rings is 2. The highest BCUT2D eigenvalue weighted by Crippen LogP contribution is 2.43. The first-order valence-electron chi connectivity index (χ1n) is 9.13. The monoisotopic (exact) mass is 384 g/mol. The van der Waals surface area contributed by atoms with Crippen LogP contribution in [0.3, 0.4) is 0 Å². The number of aromatic hydroxyl groups is 1. The molecule has 0 amide bonds. The van der Waals surface area contributed by atoms with Crippen LogP contribution in [0.25, 0.3) is 22.3 Å². The van der Waals surface area contributed by atoms with E-state index in [2.05, 4.69) is 6.92 Å². The zero-order chi connectivity index (χ0) is 20.3. The number of rotatable bonds is 7. The van der Waals surface area contributed by atoms with Crippen molar-refractivity contribution < 1.29 is 23.7 Å². The maximum atomic E-state index is 12.8. The van der Waals surface area contributed by atoms with Crippen molar-refractivity contribution in [3.8, 4) is 34.3 Å². The van der Waals surface area contributed by atoms with Crippen LogP contribution in [0.2, 0.25) is 0 Å². The van der Waals surface area contributed by atoms with Gasteiger partial charge in [0.1, 0.15) is 11.3 Å². The molecule has 3 rings (SSSR count). The van der Waals surface area contributed by atoms with Gasteiger partial charge in [0.2, 0.25) is 11.2 Å². The Morgan fingerprint density at radius 2 is 1.68 bits per heavy atom. The highest BCUT2D eigenvalue weighted by Gasteiger charge is 2.22. The van der Waals surface area contributed by atoms with Gasteiger partial charge in [-0.3, -0.25) is 4.79 Å².